The van der Waals surface area contributed by atoms with Crippen molar-refractivity contribution >= 4 is 29.3 Å². The molecule has 0 saturated heterocycles. The van der Waals surface area contributed by atoms with E-state index in [9.17, 15) is 4.79 Å². The lowest BCUT2D eigenvalue weighted by molar-refractivity contribution is -0.136. The second kappa shape index (κ2) is 6.64. The zero-order chi connectivity index (χ0) is 13.7. The van der Waals surface area contributed by atoms with Gasteiger partial charge in [0.1, 0.15) is 0 Å². The topological polar surface area (TPSA) is 37.3 Å². The Morgan fingerprint density at radius 3 is 2.47 bits per heavy atom. The first-order valence-corrected chi connectivity index (χ1v) is 7.18. The molecule has 2 nitrogen and oxygen atoms in total. The molecule has 0 aliphatic carbocycles. The molecular weight excluding hydrogens is 280 g/mol. The molecule has 4 heteroatoms. The molecule has 0 unspecified atom stereocenters. The van der Waals surface area contributed by atoms with Crippen molar-refractivity contribution in [1.82, 2.24) is 0 Å². The lowest BCUT2D eigenvalue weighted by Crippen LogP contribution is -2.01. The highest BCUT2D eigenvalue weighted by molar-refractivity contribution is 7.98. The SMILES string of the molecule is O=C(O)Cc1ccccc1SCc1ccc(Cl)cc1. The Labute approximate surface area is 121 Å². The molecule has 0 bridgehead atoms. The van der Waals surface area contributed by atoms with Crippen molar-refractivity contribution in [3.63, 3.8) is 0 Å². The Hall–Kier alpha value is -1.45. The van der Waals surface area contributed by atoms with Crippen molar-refractivity contribution in [3.8, 4) is 0 Å². The molecule has 0 spiro atoms. The third kappa shape index (κ3) is 4.30. The maximum Gasteiger partial charge on any atom is 0.307 e. The number of carbonyl (C=O) groups is 1. The third-order valence-corrected chi connectivity index (χ3v) is 4.06. The van der Waals surface area contributed by atoms with E-state index in [0.717, 1.165) is 21.2 Å². The summed E-state index contributed by atoms with van der Waals surface area (Å²) >= 11 is 7.48. The minimum atomic E-state index is -0.806. The van der Waals surface area contributed by atoms with Gasteiger partial charge in [-0.3, -0.25) is 4.79 Å². The Kier molecular flexibility index (Phi) is 4.88. The van der Waals surface area contributed by atoms with Gasteiger partial charge >= 0.3 is 5.97 Å². The number of carboxylic acid groups (broad SMARTS) is 1. The average molecular weight is 293 g/mol. The number of hydrogen-bond donors (Lipinski definition) is 1. The average Bonchev–Trinajstić information content (AvgIpc) is 2.39. The van der Waals surface area contributed by atoms with Gasteiger partial charge in [0.2, 0.25) is 0 Å². The highest BCUT2D eigenvalue weighted by atomic mass is 35.5. The van der Waals surface area contributed by atoms with Gasteiger partial charge in [0.15, 0.2) is 0 Å². The fraction of sp³-hybridized carbons (Fsp3) is 0.133. The lowest BCUT2D eigenvalue weighted by Gasteiger charge is -2.07. The second-order valence-corrected chi connectivity index (χ2v) is 5.55. The van der Waals surface area contributed by atoms with Gasteiger partial charge < -0.3 is 5.11 Å². The molecular formula is C15H13ClO2S. The normalized spacial score (nSPS) is 10.4. The molecule has 0 aromatic heterocycles. The van der Waals surface area contributed by atoms with E-state index in [1.54, 1.807) is 11.8 Å². The zero-order valence-electron chi connectivity index (χ0n) is 10.2. The maximum atomic E-state index is 10.8. The van der Waals surface area contributed by atoms with E-state index in [0.29, 0.717) is 0 Å². The van der Waals surface area contributed by atoms with Crippen LogP contribution in [0.5, 0.6) is 0 Å². The Balaban J connectivity index is 2.06. The number of benzene rings is 2. The van der Waals surface area contributed by atoms with E-state index in [4.69, 9.17) is 16.7 Å². The molecule has 0 saturated carbocycles. The smallest absolute Gasteiger partial charge is 0.307 e. The van der Waals surface area contributed by atoms with E-state index in [-0.39, 0.29) is 6.42 Å². The molecule has 2 rings (SSSR count). The van der Waals surface area contributed by atoms with Gasteiger partial charge in [-0.25, -0.2) is 0 Å². The van der Waals surface area contributed by atoms with Crippen LogP contribution in [0.25, 0.3) is 0 Å². The number of halogens is 1. The van der Waals surface area contributed by atoms with Crippen LogP contribution in [0, 0.1) is 0 Å². The van der Waals surface area contributed by atoms with Gasteiger partial charge in [0.05, 0.1) is 6.42 Å². The predicted octanol–water partition coefficient (Wildman–Crippen LogP) is 4.26. The van der Waals surface area contributed by atoms with Crippen molar-refractivity contribution in [1.29, 1.82) is 0 Å². The summed E-state index contributed by atoms with van der Waals surface area (Å²) in [6.07, 6.45) is 0.0593. The fourth-order valence-electron chi connectivity index (χ4n) is 1.70. The summed E-state index contributed by atoms with van der Waals surface area (Å²) in [7, 11) is 0. The predicted molar refractivity (Wildman–Crippen MR) is 78.8 cm³/mol. The first kappa shape index (κ1) is 14.0. The summed E-state index contributed by atoms with van der Waals surface area (Å²) in [5.41, 5.74) is 2.02. The van der Waals surface area contributed by atoms with Gasteiger partial charge in [-0.2, -0.15) is 0 Å². The maximum absolute atomic E-state index is 10.8. The minimum Gasteiger partial charge on any atom is -0.481 e. The zero-order valence-corrected chi connectivity index (χ0v) is 11.7. The lowest BCUT2D eigenvalue weighted by atomic mass is 10.1. The summed E-state index contributed by atoms with van der Waals surface area (Å²) in [6.45, 7) is 0. The van der Waals surface area contributed by atoms with Crippen LogP contribution in [0.4, 0.5) is 0 Å². The molecule has 98 valence electrons. The van der Waals surface area contributed by atoms with E-state index < -0.39 is 5.97 Å². The van der Waals surface area contributed by atoms with E-state index in [1.807, 2.05) is 48.5 Å². The highest BCUT2D eigenvalue weighted by Gasteiger charge is 2.06. The first-order valence-electron chi connectivity index (χ1n) is 5.82. The van der Waals surface area contributed by atoms with E-state index in [1.165, 1.54) is 5.56 Å². The number of aliphatic carboxylic acids is 1. The molecule has 0 aliphatic heterocycles. The standard InChI is InChI=1S/C15H13ClO2S/c16-13-7-5-11(6-8-13)10-19-14-4-2-1-3-12(14)9-15(17)18/h1-8H,9-10H2,(H,17,18). The van der Waals surface area contributed by atoms with Gasteiger partial charge in [-0.15, -0.1) is 11.8 Å². The largest absolute Gasteiger partial charge is 0.481 e. The number of hydrogen-bond acceptors (Lipinski definition) is 2. The van der Waals surface area contributed by atoms with Crippen molar-refractivity contribution in [2.24, 2.45) is 0 Å². The first-order chi connectivity index (χ1) is 9.15. The second-order valence-electron chi connectivity index (χ2n) is 4.09. The number of carboxylic acids is 1. The summed E-state index contributed by atoms with van der Waals surface area (Å²) < 4.78 is 0. The van der Waals surface area contributed by atoms with Gasteiger partial charge in [-0.05, 0) is 29.3 Å². The van der Waals surface area contributed by atoms with Crippen LogP contribution in [-0.4, -0.2) is 11.1 Å². The Morgan fingerprint density at radius 1 is 1.11 bits per heavy atom. The van der Waals surface area contributed by atoms with Crippen LogP contribution in [0.3, 0.4) is 0 Å². The fourth-order valence-corrected chi connectivity index (χ4v) is 2.84. The third-order valence-electron chi connectivity index (χ3n) is 2.62. The summed E-state index contributed by atoms with van der Waals surface area (Å²) in [4.78, 5) is 11.8. The Bertz CT molecular complexity index is 567. The molecule has 0 atom stereocenters. The van der Waals surface area contributed by atoms with Gasteiger partial charge in [0, 0.05) is 15.7 Å². The van der Waals surface area contributed by atoms with Crippen molar-refractivity contribution in [2.75, 3.05) is 0 Å². The van der Waals surface area contributed by atoms with Crippen molar-refractivity contribution in [2.45, 2.75) is 17.1 Å². The van der Waals surface area contributed by atoms with Crippen LogP contribution in [0.15, 0.2) is 53.4 Å². The van der Waals surface area contributed by atoms with Crippen molar-refractivity contribution in [3.05, 3.63) is 64.7 Å². The van der Waals surface area contributed by atoms with E-state index in [2.05, 4.69) is 0 Å². The molecule has 2 aromatic carbocycles. The number of rotatable bonds is 5. The highest BCUT2D eigenvalue weighted by Crippen LogP contribution is 2.27. The molecule has 19 heavy (non-hydrogen) atoms. The molecule has 0 radical (unpaired) electrons. The van der Waals surface area contributed by atoms with Crippen molar-refractivity contribution < 1.29 is 9.90 Å². The van der Waals surface area contributed by atoms with Gasteiger partial charge in [0.25, 0.3) is 0 Å². The number of thioether (sulfide) groups is 1. The quantitative estimate of drug-likeness (QED) is 0.837. The molecule has 2 aromatic rings. The molecule has 1 N–H and O–H groups in total. The monoisotopic (exact) mass is 292 g/mol. The van der Waals surface area contributed by atoms with Gasteiger partial charge in [-0.1, -0.05) is 41.9 Å². The van der Waals surface area contributed by atoms with Crippen LogP contribution >= 0.6 is 23.4 Å². The minimum absolute atomic E-state index is 0.0593. The molecule has 0 heterocycles. The summed E-state index contributed by atoms with van der Waals surface area (Å²) in [5.74, 6) is -0.00657. The molecule has 0 amide bonds. The van der Waals surface area contributed by atoms with Crippen LogP contribution < -0.4 is 0 Å². The summed E-state index contributed by atoms with van der Waals surface area (Å²) in [6, 6.07) is 15.3. The summed E-state index contributed by atoms with van der Waals surface area (Å²) in [5, 5.41) is 9.61. The van der Waals surface area contributed by atoms with Crippen LogP contribution in [-0.2, 0) is 17.0 Å². The van der Waals surface area contributed by atoms with Crippen LogP contribution in [0.2, 0.25) is 5.02 Å². The molecule has 0 fully saturated rings. The van der Waals surface area contributed by atoms with E-state index >= 15 is 0 Å². The molecule has 0 aliphatic rings. The van der Waals surface area contributed by atoms with Crippen LogP contribution in [0.1, 0.15) is 11.1 Å². The Morgan fingerprint density at radius 2 is 1.79 bits per heavy atom.